The predicted octanol–water partition coefficient (Wildman–Crippen LogP) is -0.766. The van der Waals surface area contributed by atoms with Crippen molar-refractivity contribution in [2.24, 2.45) is 5.73 Å². The molecule has 0 aliphatic carbocycles. The van der Waals surface area contributed by atoms with Crippen LogP contribution in [0.5, 0.6) is 0 Å². The summed E-state index contributed by atoms with van der Waals surface area (Å²) in [6.45, 7) is 1.03. The van der Waals surface area contributed by atoms with Crippen LogP contribution < -0.4 is 5.73 Å². The van der Waals surface area contributed by atoms with E-state index >= 15 is 0 Å². The summed E-state index contributed by atoms with van der Waals surface area (Å²) in [6, 6.07) is 0. The molecule has 5 nitrogen and oxygen atoms in total. The number of amides is 2. The maximum atomic E-state index is 11.0. The van der Waals surface area contributed by atoms with Crippen LogP contribution in [0, 0.1) is 0 Å². The maximum absolute atomic E-state index is 11.0. The van der Waals surface area contributed by atoms with Crippen molar-refractivity contribution in [1.82, 2.24) is 4.90 Å². The molecule has 2 amide bonds. The molecule has 1 aliphatic heterocycles. The molecule has 0 atom stereocenters. The number of imide groups is 1. The van der Waals surface area contributed by atoms with Gasteiger partial charge in [-0.2, -0.15) is 0 Å². The predicted molar refractivity (Wildman–Crippen MR) is 45.5 cm³/mol. The minimum absolute atomic E-state index is 0.167. The Kier molecular flexibility index (Phi) is 3.60. The van der Waals surface area contributed by atoms with E-state index in [2.05, 4.69) is 0 Å². The highest BCUT2D eigenvalue weighted by molar-refractivity contribution is 6.12. The first kappa shape index (κ1) is 9.88. The van der Waals surface area contributed by atoms with Gasteiger partial charge in [0.2, 0.25) is 0 Å². The van der Waals surface area contributed by atoms with E-state index in [0.29, 0.717) is 19.6 Å². The van der Waals surface area contributed by atoms with Crippen molar-refractivity contribution in [3.8, 4) is 0 Å². The van der Waals surface area contributed by atoms with Crippen LogP contribution >= 0.6 is 0 Å². The average Bonchev–Trinajstić information content (AvgIpc) is 2.42. The summed E-state index contributed by atoms with van der Waals surface area (Å²) in [5.74, 6) is -0.504. The lowest BCUT2D eigenvalue weighted by Gasteiger charge is -2.12. The Balaban J connectivity index is 2.22. The van der Waals surface area contributed by atoms with Crippen LogP contribution in [0.1, 0.15) is 6.42 Å². The van der Waals surface area contributed by atoms with Crippen molar-refractivity contribution < 1.29 is 14.3 Å². The molecule has 5 heteroatoms. The lowest BCUT2D eigenvalue weighted by molar-refractivity contribution is -0.136. The van der Waals surface area contributed by atoms with Crippen LogP contribution in [-0.2, 0) is 14.3 Å². The molecular formula is C8H12N2O3. The minimum Gasteiger partial charge on any atom is -0.366 e. The summed E-state index contributed by atoms with van der Waals surface area (Å²) in [7, 11) is 0. The van der Waals surface area contributed by atoms with Crippen molar-refractivity contribution in [3.05, 3.63) is 12.2 Å². The van der Waals surface area contributed by atoms with Crippen LogP contribution in [-0.4, -0.2) is 36.6 Å². The second-order valence-electron chi connectivity index (χ2n) is 2.59. The highest BCUT2D eigenvalue weighted by Gasteiger charge is 2.21. The fourth-order valence-electron chi connectivity index (χ4n) is 1.06. The van der Waals surface area contributed by atoms with Gasteiger partial charge in [0.05, 0.1) is 13.3 Å². The lowest BCUT2D eigenvalue weighted by atomic mass is 10.4. The SMILES string of the molecule is NCOCCCN1C(=O)C=CC1=O. The zero-order valence-electron chi connectivity index (χ0n) is 7.23. The van der Waals surface area contributed by atoms with Gasteiger partial charge in [-0.25, -0.2) is 0 Å². The van der Waals surface area contributed by atoms with E-state index in [1.807, 2.05) is 0 Å². The van der Waals surface area contributed by atoms with Crippen LogP contribution in [0.4, 0.5) is 0 Å². The number of ether oxygens (including phenoxy) is 1. The van der Waals surface area contributed by atoms with Gasteiger partial charge in [-0.05, 0) is 6.42 Å². The summed E-state index contributed by atoms with van der Waals surface area (Å²) in [6.07, 6.45) is 3.16. The average molecular weight is 184 g/mol. The van der Waals surface area contributed by atoms with Gasteiger partial charge in [-0.1, -0.05) is 0 Å². The van der Waals surface area contributed by atoms with Gasteiger partial charge in [0.15, 0.2) is 0 Å². The molecular weight excluding hydrogens is 172 g/mol. The van der Waals surface area contributed by atoms with Crippen LogP contribution in [0.15, 0.2) is 12.2 Å². The molecule has 0 saturated heterocycles. The van der Waals surface area contributed by atoms with E-state index in [1.54, 1.807) is 0 Å². The van der Waals surface area contributed by atoms with E-state index in [9.17, 15) is 9.59 Å². The number of nitrogens with zero attached hydrogens (tertiary/aromatic N) is 1. The molecule has 0 radical (unpaired) electrons. The molecule has 0 aromatic carbocycles. The van der Waals surface area contributed by atoms with Crippen molar-refractivity contribution in [2.45, 2.75) is 6.42 Å². The van der Waals surface area contributed by atoms with E-state index in [4.69, 9.17) is 10.5 Å². The third kappa shape index (κ3) is 2.64. The molecule has 0 aromatic rings. The largest absolute Gasteiger partial charge is 0.366 e. The summed E-state index contributed by atoms with van der Waals surface area (Å²) in [4.78, 5) is 23.2. The Hall–Kier alpha value is -1.20. The molecule has 0 aromatic heterocycles. The maximum Gasteiger partial charge on any atom is 0.253 e. The summed E-state index contributed by atoms with van der Waals surface area (Å²) in [5, 5.41) is 0. The van der Waals surface area contributed by atoms with Gasteiger partial charge < -0.3 is 10.5 Å². The number of carbonyl (C=O) groups is 2. The highest BCUT2D eigenvalue weighted by atomic mass is 16.5. The van der Waals surface area contributed by atoms with Gasteiger partial charge in [0.1, 0.15) is 0 Å². The summed E-state index contributed by atoms with van der Waals surface area (Å²) < 4.78 is 4.87. The zero-order chi connectivity index (χ0) is 9.68. The van der Waals surface area contributed by atoms with E-state index in [1.165, 1.54) is 17.1 Å². The van der Waals surface area contributed by atoms with Crippen molar-refractivity contribution in [1.29, 1.82) is 0 Å². The molecule has 0 fully saturated rings. The fourth-order valence-corrected chi connectivity index (χ4v) is 1.06. The molecule has 13 heavy (non-hydrogen) atoms. The van der Waals surface area contributed by atoms with Gasteiger partial charge in [0, 0.05) is 18.7 Å². The quantitative estimate of drug-likeness (QED) is 0.346. The Morgan fingerprint density at radius 1 is 1.31 bits per heavy atom. The molecule has 0 spiro atoms. The molecule has 1 rings (SSSR count). The monoisotopic (exact) mass is 184 g/mol. The van der Waals surface area contributed by atoms with Crippen LogP contribution in [0.3, 0.4) is 0 Å². The fraction of sp³-hybridized carbons (Fsp3) is 0.500. The number of hydrogen-bond acceptors (Lipinski definition) is 4. The number of carbonyl (C=O) groups excluding carboxylic acids is 2. The Morgan fingerprint density at radius 3 is 2.46 bits per heavy atom. The number of nitrogens with two attached hydrogens (primary N) is 1. The van der Waals surface area contributed by atoms with Gasteiger partial charge in [-0.3, -0.25) is 14.5 Å². The normalized spacial score (nSPS) is 15.9. The van der Waals surface area contributed by atoms with Crippen molar-refractivity contribution >= 4 is 11.8 Å². The number of rotatable bonds is 5. The van der Waals surface area contributed by atoms with Gasteiger partial charge in [-0.15, -0.1) is 0 Å². The van der Waals surface area contributed by atoms with Gasteiger partial charge in [0.25, 0.3) is 11.8 Å². The first-order valence-electron chi connectivity index (χ1n) is 4.07. The Bertz CT molecular complexity index is 220. The highest BCUT2D eigenvalue weighted by Crippen LogP contribution is 2.03. The van der Waals surface area contributed by atoms with Crippen LogP contribution in [0.2, 0.25) is 0 Å². The Morgan fingerprint density at radius 2 is 1.92 bits per heavy atom. The van der Waals surface area contributed by atoms with Crippen LogP contribution in [0.25, 0.3) is 0 Å². The molecule has 1 heterocycles. The summed E-state index contributed by atoms with van der Waals surface area (Å²) >= 11 is 0. The molecule has 72 valence electrons. The minimum atomic E-state index is -0.252. The molecule has 1 aliphatic rings. The zero-order valence-corrected chi connectivity index (χ0v) is 7.23. The second-order valence-corrected chi connectivity index (χ2v) is 2.59. The summed E-state index contributed by atoms with van der Waals surface area (Å²) in [5.41, 5.74) is 5.10. The topological polar surface area (TPSA) is 72.6 Å². The third-order valence-corrected chi connectivity index (χ3v) is 1.69. The number of hydrogen-bond donors (Lipinski definition) is 1. The van der Waals surface area contributed by atoms with Gasteiger partial charge >= 0.3 is 0 Å². The molecule has 0 bridgehead atoms. The molecule has 0 unspecified atom stereocenters. The molecule has 0 saturated carbocycles. The smallest absolute Gasteiger partial charge is 0.253 e. The third-order valence-electron chi connectivity index (χ3n) is 1.69. The first-order chi connectivity index (χ1) is 6.25. The van der Waals surface area contributed by atoms with Crippen molar-refractivity contribution in [3.63, 3.8) is 0 Å². The van der Waals surface area contributed by atoms with E-state index in [-0.39, 0.29) is 18.5 Å². The van der Waals surface area contributed by atoms with E-state index in [0.717, 1.165) is 0 Å². The second kappa shape index (κ2) is 4.74. The van der Waals surface area contributed by atoms with E-state index < -0.39 is 0 Å². The van der Waals surface area contributed by atoms with Crippen molar-refractivity contribution in [2.75, 3.05) is 19.9 Å². The lowest BCUT2D eigenvalue weighted by Crippen LogP contribution is -2.31. The Labute approximate surface area is 76.1 Å². The standard InChI is InChI=1S/C8H12N2O3/c9-6-13-5-1-4-10-7(11)2-3-8(10)12/h2-3H,1,4-6,9H2. The molecule has 2 N–H and O–H groups in total. The first-order valence-corrected chi connectivity index (χ1v) is 4.07.